The quantitative estimate of drug-likeness (QED) is 0.0443. The maximum Gasteiger partial charge on any atom is 0.425 e. The highest BCUT2D eigenvalue weighted by molar-refractivity contribution is 7.86. The topological polar surface area (TPSA) is 356 Å². The molecule has 7 rings (SSSR count). The van der Waals surface area contributed by atoms with Gasteiger partial charge in [-0.15, -0.1) is 50.8 Å². The Morgan fingerprint density at radius 3 is 1.55 bits per heavy atom. The number of hydrogen-bond acceptors (Lipinski definition) is 23. The van der Waals surface area contributed by atoms with Gasteiger partial charge in [-0.1, -0.05) is 18.2 Å². The van der Waals surface area contributed by atoms with Crippen molar-refractivity contribution in [2.45, 2.75) is 25.0 Å². The highest BCUT2D eigenvalue weighted by atomic mass is 32.2. The average Bonchev–Trinajstić information content (AvgIpc) is 3.36. The highest BCUT2D eigenvalue weighted by Crippen LogP contribution is 2.42. The maximum atomic E-state index is 11.7. The fourth-order valence-electron chi connectivity index (χ4n) is 6.43. The van der Waals surface area contributed by atoms with Crippen LogP contribution in [0.3, 0.4) is 0 Å². The van der Waals surface area contributed by atoms with E-state index in [9.17, 15) is 28.3 Å². The van der Waals surface area contributed by atoms with E-state index in [-0.39, 0.29) is 50.6 Å². The molecule has 0 saturated carbocycles. The molecule has 0 unspecified atom stereocenters. The molecule has 0 spiro atoms. The molecule has 27 heteroatoms. The summed E-state index contributed by atoms with van der Waals surface area (Å²) in [6, 6.07) is 33.4. The first-order valence-corrected chi connectivity index (χ1v) is 24.0. The summed E-state index contributed by atoms with van der Waals surface area (Å²) in [5.74, 6) is 1.22. The molecule has 0 atom stereocenters. The first-order chi connectivity index (χ1) is 34.9. The summed E-state index contributed by atoms with van der Waals surface area (Å²) in [6.07, 6.45) is 0. The molecular weight excluding hydrogens is 1010 g/mol. The van der Waals surface area contributed by atoms with Crippen LogP contribution < -0.4 is 19.5 Å². The Bertz CT molecular complexity index is 3580. The van der Waals surface area contributed by atoms with E-state index >= 15 is 0 Å². The molecule has 0 bridgehead atoms. The Hall–Kier alpha value is -8.73. The van der Waals surface area contributed by atoms with E-state index < -0.39 is 44.5 Å². The number of hydrogen-bond donors (Lipinski definition) is 5. The van der Waals surface area contributed by atoms with E-state index in [4.69, 9.17) is 39.5 Å². The second-order valence-corrected chi connectivity index (χ2v) is 16.7. The first-order valence-electron chi connectivity index (χ1n) is 20.6. The van der Waals surface area contributed by atoms with Gasteiger partial charge in [-0.3, -0.25) is 4.55 Å². The van der Waals surface area contributed by atoms with Crippen LogP contribution >= 0.6 is 0 Å². The second-order valence-electron chi connectivity index (χ2n) is 14.5. The lowest BCUT2D eigenvalue weighted by Gasteiger charge is -2.11. The second kappa shape index (κ2) is 25.9. The zero-order chi connectivity index (χ0) is 53.2. The van der Waals surface area contributed by atoms with Crippen molar-refractivity contribution >= 4 is 99.0 Å². The van der Waals surface area contributed by atoms with E-state index in [1.165, 1.54) is 38.5 Å². The van der Waals surface area contributed by atoms with Crippen LogP contribution in [-0.4, -0.2) is 74.9 Å². The minimum absolute atomic E-state index is 0.0211. The van der Waals surface area contributed by atoms with Gasteiger partial charge in [-0.05, 0) is 109 Å². The molecule has 0 aliphatic carbocycles. The number of aromatic hydroxyl groups is 1. The van der Waals surface area contributed by atoms with Crippen molar-refractivity contribution in [2.75, 3.05) is 26.6 Å². The fraction of sp³-hybridized carbons (Fsp3) is 0.130. The van der Waals surface area contributed by atoms with Crippen molar-refractivity contribution in [2.24, 2.45) is 40.9 Å². The summed E-state index contributed by atoms with van der Waals surface area (Å²) in [7, 11) is -6.22. The number of fused-ring (bicyclic) bond motifs is 1. The number of phenolic OH excluding ortho intramolecular Hbond substituents is 1. The van der Waals surface area contributed by atoms with E-state index in [1.54, 1.807) is 68.6 Å². The molecule has 7 aromatic rings. The predicted molar refractivity (Wildman–Crippen MR) is 263 cm³/mol. The van der Waals surface area contributed by atoms with E-state index in [0.717, 1.165) is 22.5 Å². The fourth-order valence-corrected chi connectivity index (χ4v) is 7.06. The van der Waals surface area contributed by atoms with Gasteiger partial charge in [0.1, 0.15) is 44.9 Å². The Balaban J connectivity index is 0.00000115. The number of nitrogens with one attached hydrogen (secondary N) is 1. The summed E-state index contributed by atoms with van der Waals surface area (Å²) in [6.45, 7) is 0.907. The van der Waals surface area contributed by atoms with Crippen LogP contribution in [0.1, 0.15) is 16.7 Å². The van der Waals surface area contributed by atoms with Gasteiger partial charge < -0.3 is 34.8 Å². The summed E-state index contributed by atoms with van der Waals surface area (Å²) < 4.78 is 100. The molecular formula is C46H41N9O15S3. The van der Waals surface area contributed by atoms with E-state index in [2.05, 4.69) is 46.2 Å². The van der Waals surface area contributed by atoms with Crippen LogP contribution in [0.15, 0.2) is 167 Å². The van der Waals surface area contributed by atoms with Crippen molar-refractivity contribution in [1.29, 1.82) is 0 Å². The number of anilines is 2. The molecule has 7 aromatic carbocycles. The van der Waals surface area contributed by atoms with E-state index in [0.29, 0.717) is 39.1 Å². The lowest BCUT2D eigenvalue weighted by atomic mass is 10.1. The predicted octanol–water partition coefficient (Wildman–Crippen LogP) is 10.5. The van der Waals surface area contributed by atoms with Gasteiger partial charge >= 0.3 is 21.2 Å². The summed E-state index contributed by atoms with van der Waals surface area (Å²) in [5.41, 5.74) is 5.20. The van der Waals surface area contributed by atoms with Crippen LogP contribution in [-0.2, 0) is 44.5 Å². The molecule has 73 heavy (non-hydrogen) atoms. The first kappa shape index (κ1) is 55.2. The van der Waals surface area contributed by atoms with Gasteiger partial charge in [0.2, 0.25) is 0 Å². The van der Waals surface area contributed by atoms with Gasteiger partial charge in [0, 0.05) is 40.0 Å². The third kappa shape index (κ3) is 15.6. The smallest absolute Gasteiger partial charge is 0.425 e. The number of benzene rings is 7. The Labute approximate surface area is 418 Å². The van der Waals surface area contributed by atoms with Crippen LogP contribution in [0.4, 0.5) is 56.9 Å². The zero-order valence-corrected chi connectivity index (χ0v) is 41.0. The Morgan fingerprint density at radius 2 is 1.01 bits per heavy atom. The molecule has 24 nitrogen and oxygen atoms in total. The number of ether oxygens (including phenoxy) is 3. The lowest BCUT2D eigenvalue weighted by molar-refractivity contribution is 0.282. The number of rotatable bonds is 16. The molecule has 0 aromatic heterocycles. The molecule has 0 fully saturated rings. The molecule has 0 saturated heterocycles. The molecule has 0 heterocycles. The van der Waals surface area contributed by atoms with Gasteiger partial charge in [0.15, 0.2) is 5.75 Å². The summed E-state index contributed by atoms with van der Waals surface area (Å²) in [5, 5.41) is 70.6. The molecule has 0 radical (unpaired) electrons. The SMILES string of the molecule is COc1ccc(Nc2ccc3c(O)c(N=Nc4cc(CO)c(N=Nc5cc(CO)c(N=Nc6ccc(N=Nc7ccccc7S(=O)(=O)O)c(C)c6)cc5OC)cc4OC)ccc3c2)cc1.O=S(=O)=O.O=S(=O)=O. The monoisotopic (exact) mass is 1060 g/mol. The van der Waals surface area contributed by atoms with E-state index in [1.807, 2.05) is 42.5 Å². The van der Waals surface area contributed by atoms with Crippen LogP contribution in [0.5, 0.6) is 23.0 Å². The number of aryl methyl sites for hydroxylation is 1. The number of aliphatic hydroxyl groups excluding tert-OH is 2. The minimum Gasteiger partial charge on any atom is -0.505 e. The maximum absolute atomic E-state index is 11.7. The Morgan fingerprint density at radius 1 is 0.521 bits per heavy atom. The number of azo groups is 4. The van der Waals surface area contributed by atoms with Crippen molar-refractivity contribution in [1.82, 2.24) is 0 Å². The molecule has 0 aliphatic rings. The number of aliphatic hydroxyl groups is 2. The van der Waals surface area contributed by atoms with Crippen LogP contribution in [0.25, 0.3) is 10.8 Å². The summed E-state index contributed by atoms with van der Waals surface area (Å²) >= 11 is 0. The number of nitrogens with zero attached hydrogens (tertiary/aromatic N) is 8. The van der Waals surface area contributed by atoms with Crippen molar-refractivity contribution in [3.63, 3.8) is 0 Å². The zero-order valence-electron chi connectivity index (χ0n) is 38.5. The van der Waals surface area contributed by atoms with Crippen LogP contribution in [0.2, 0.25) is 0 Å². The largest absolute Gasteiger partial charge is 0.505 e. The Kier molecular flexibility index (Phi) is 19.6. The summed E-state index contributed by atoms with van der Waals surface area (Å²) in [4.78, 5) is -0.366. The number of phenols is 1. The normalized spacial score (nSPS) is 11.3. The van der Waals surface area contributed by atoms with Gasteiger partial charge in [0.25, 0.3) is 10.1 Å². The molecule has 5 N–H and O–H groups in total. The van der Waals surface area contributed by atoms with Gasteiger partial charge in [-0.2, -0.15) is 23.8 Å². The van der Waals surface area contributed by atoms with Gasteiger partial charge in [0.05, 0.1) is 57.3 Å². The molecule has 0 aliphatic heterocycles. The molecule has 0 amide bonds. The average molecular weight is 1060 g/mol. The highest BCUT2D eigenvalue weighted by Gasteiger charge is 2.16. The lowest BCUT2D eigenvalue weighted by Crippen LogP contribution is -1.97. The third-order valence-corrected chi connectivity index (χ3v) is 10.7. The molecule has 378 valence electrons. The van der Waals surface area contributed by atoms with Crippen molar-refractivity contribution < 1.29 is 67.8 Å². The van der Waals surface area contributed by atoms with Gasteiger partial charge in [-0.25, -0.2) is 0 Å². The van der Waals surface area contributed by atoms with Crippen molar-refractivity contribution in [3.05, 3.63) is 138 Å². The standard InChI is InChI=1S/C46H41N9O9S.2O3S/c1-27-19-33(13-18-36(27)49-50-37-7-5-6-8-45(37)65(59,60)61)48-52-39-23-43(63-3)42(21-29(39)25-56)55-53-40-24-44(64-4)41(22-30(40)26-57)54-51-38-17-9-28-20-32(12-16-35(28)46(38)58)47-31-10-14-34(62-2)15-11-31;2*1-4(2)3/h5-24,47,56-58H,25-26H2,1-4H3,(H,59,60,61);;. The third-order valence-electron chi connectivity index (χ3n) is 9.84. The minimum atomic E-state index is -4.49. The van der Waals surface area contributed by atoms with Crippen molar-refractivity contribution in [3.8, 4) is 23.0 Å². The number of methoxy groups -OCH3 is 3. The van der Waals surface area contributed by atoms with Crippen LogP contribution in [0, 0.1) is 6.92 Å².